The summed E-state index contributed by atoms with van der Waals surface area (Å²) in [5.74, 6) is -0.428. The summed E-state index contributed by atoms with van der Waals surface area (Å²) < 4.78 is 6.57. The summed E-state index contributed by atoms with van der Waals surface area (Å²) in [5, 5.41) is 3.34. The van der Waals surface area contributed by atoms with Gasteiger partial charge in [0.15, 0.2) is 5.38 Å². The first-order chi connectivity index (χ1) is 7.06. The fourth-order valence-corrected chi connectivity index (χ4v) is 1.29. The Balaban J connectivity index is 2.73. The van der Waals surface area contributed by atoms with E-state index < -0.39 is 11.3 Å². The molecular formula is C10H15ClN2O2. The van der Waals surface area contributed by atoms with Crippen molar-refractivity contribution in [2.45, 2.75) is 32.2 Å². The van der Waals surface area contributed by atoms with Crippen LogP contribution in [0.2, 0.25) is 0 Å². The predicted molar refractivity (Wildman–Crippen MR) is 57.8 cm³/mol. The van der Waals surface area contributed by atoms with Crippen molar-refractivity contribution in [1.29, 1.82) is 0 Å². The third-order valence-corrected chi connectivity index (χ3v) is 2.37. The van der Waals surface area contributed by atoms with Gasteiger partial charge in [-0.3, -0.25) is 9.48 Å². The minimum atomic E-state index is -0.766. The summed E-state index contributed by atoms with van der Waals surface area (Å²) in [6, 6.07) is 0.254. The number of nitrogens with zero attached hydrogens (tertiary/aromatic N) is 2. The average molecular weight is 231 g/mol. The largest absolute Gasteiger partial charge is 0.465 e. The van der Waals surface area contributed by atoms with Crippen LogP contribution in [0.15, 0.2) is 12.4 Å². The second-order valence-corrected chi connectivity index (χ2v) is 3.90. The smallest absolute Gasteiger partial charge is 0.328 e. The molecule has 0 N–H and O–H groups in total. The molecule has 0 saturated heterocycles. The molecule has 5 heteroatoms. The van der Waals surface area contributed by atoms with Gasteiger partial charge in [0.1, 0.15) is 0 Å². The van der Waals surface area contributed by atoms with Crippen LogP contribution in [0, 0.1) is 0 Å². The zero-order valence-electron chi connectivity index (χ0n) is 9.11. The standard InChI is InChI=1S/C10H15ClN2O2/c1-4-15-10(14)9(11)8-5-12-13(6-8)7(2)3/h5-7,9H,4H2,1-3H3. The molecule has 0 aliphatic carbocycles. The number of rotatable bonds is 4. The number of hydrogen-bond acceptors (Lipinski definition) is 3. The molecule has 0 saturated carbocycles. The average Bonchev–Trinajstić information content (AvgIpc) is 2.65. The Kier molecular flexibility index (Phi) is 4.15. The first kappa shape index (κ1) is 12.0. The predicted octanol–water partition coefficient (Wildman–Crippen LogP) is 2.31. The molecule has 0 bridgehead atoms. The SMILES string of the molecule is CCOC(=O)C(Cl)c1cnn(C(C)C)c1. The van der Waals surface area contributed by atoms with E-state index in [2.05, 4.69) is 5.10 Å². The molecule has 1 heterocycles. The van der Waals surface area contributed by atoms with Gasteiger partial charge in [-0.15, -0.1) is 11.6 Å². The van der Waals surface area contributed by atoms with Crippen LogP contribution in [0.4, 0.5) is 0 Å². The number of aromatic nitrogens is 2. The van der Waals surface area contributed by atoms with E-state index in [0.717, 1.165) is 0 Å². The van der Waals surface area contributed by atoms with Gasteiger partial charge < -0.3 is 4.74 Å². The zero-order chi connectivity index (χ0) is 11.4. The molecule has 0 fully saturated rings. The maximum Gasteiger partial charge on any atom is 0.328 e. The highest BCUT2D eigenvalue weighted by Gasteiger charge is 2.20. The van der Waals surface area contributed by atoms with Gasteiger partial charge in [-0.2, -0.15) is 5.10 Å². The first-order valence-corrected chi connectivity index (χ1v) is 5.34. The van der Waals surface area contributed by atoms with Crippen molar-refractivity contribution in [3.8, 4) is 0 Å². The fraction of sp³-hybridized carbons (Fsp3) is 0.600. The Bertz CT molecular complexity index is 336. The van der Waals surface area contributed by atoms with Crippen LogP contribution < -0.4 is 0 Å². The van der Waals surface area contributed by atoms with Gasteiger partial charge in [-0.1, -0.05) is 0 Å². The minimum Gasteiger partial charge on any atom is -0.465 e. The highest BCUT2D eigenvalue weighted by atomic mass is 35.5. The lowest BCUT2D eigenvalue weighted by Gasteiger charge is -2.06. The van der Waals surface area contributed by atoms with Crippen molar-refractivity contribution in [2.24, 2.45) is 0 Å². The Labute approximate surface area is 94.2 Å². The van der Waals surface area contributed by atoms with E-state index in [0.29, 0.717) is 12.2 Å². The summed E-state index contributed by atoms with van der Waals surface area (Å²) in [5.41, 5.74) is 0.670. The normalized spacial score (nSPS) is 12.9. The van der Waals surface area contributed by atoms with E-state index in [1.807, 2.05) is 13.8 Å². The number of hydrogen-bond donors (Lipinski definition) is 0. The van der Waals surface area contributed by atoms with Crippen LogP contribution in [-0.2, 0) is 9.53 Å². The molecule has 1 atom stereocenters. The fourth-order valence-electron chi connectivity index (χ4n) is 1.12. The van der Waals surface area contributed by atoms with Gasteiger partial charge in [0.2, 0.25) is 0 Å². The Hall–Kier alpha value is -1.03. The lowest BCUT2D eigenvalue weighted by atomic mass is 10.2. The second kappa shape index (κ2) is 5.16. The van der Waals surface area contributed by atoms with Gasteiger partial charge >= 0.3 is 5.97 Å². The number of alkyl halides is 1. The van der Waals surface area contributed by atoms with Crippen LogP contribution in [0.3, 0.4) is 0 Å². The molecule has 0 aromatic carbocycles. The maximum atomic E-state index is 11.3. The number of halogens is 1. The molecule has 0 aliphatic heterocycles. The van der Waals surface area contributed by atoms with Gasteiger partial charge in [0.25, 0.3) is 0 Å². The summed E-state index contributed by atoms with van der Waals surface area (Å²) in [6.07, 6.45) is 3.36. The van der Waals surface area contributed by atoms with Gasteiger partial charge in [-0.05, 0) is 20.8 Å². The van der Waals surface area contributed by atoms with Crippen LogP contribution in [0.5, 0.6) is 0 Å². The Morgan fingerprint density at radius 2 is 2.33 bits per heavy atom. The van der Waals surface area contributed by atoms with Crippen LogP contribution in [0.1, 0.15) is 37.8 Å². The number of esters is 1. The number of ether oxygens (including phenoxy) is 1. The topological polar surface area (TPSA) is 44.1 Å². The van der Waals surface area contributed by atoms with Crippen molar-refractivity contribution in [2.75, 3.05) is 6.61 Å². The van der Waals surface area contributed by atoms with E-state index in [9.17, 15) is 4.79 Å². The van der Waals surface area contributed by atoms with Crippen molar-refractivity contribution in [3.05, 3.63) is 18.0 Å². The number of carbonyl (C=O) groups is 1. The van der Waals surface area contributed by atoms with Gasteiger partial charge in [-0.25, -0.2) is 0 Å². The number of carbonyl (C=O) groups excluding carboxylic acids is 1. The summed E-state index contributed by atoms with van der Waals surface area (Å²) >= 11 is 5.93. The quantitative estimate of drug-likeness (QED) is 0.589. The molecule has 1 aromatic rings. The van der Waals surface area contributed by atoms with E-state index in [1.54, 1.807) is 24.0 Å². The highest BCUT2D eigenvalue weighted by Crippen LogP contribution is 2.22. The molecule has 4 nitrogen and oxygen atoms in total. The maximum absolute atomic E-state index is 11.3. The zero-order valence-corrected chi connectivity index (χ0v) is 9.86. The van der Waals surface area contributed by atoms with Crippen LogP contribution in [0.25, 0.3) is 0 Å². The van der Waals surface area contributed by atoms with E-state index in [1.165, 1.54) is 0 Å². The summed E-state index contributed by atoms with van der Waals surface area (Å²) in [6.45, 7) is 6.09. The third-order valence-electron chi connectivity index (χ3n) is 1.94. The summed E-state index contributed by atoms with van der Waals surface area (Å²) in [4.78, 5) is 11.3. The molecule has 0 radical (unpaired) electrons. The lowest BCUT2D eigenvalue weighted by molar-refractivity contribution is -0.142. The molecular weight excluding hydrogens is 216 g/mol. The first-order valence-electron chi connectivity index (χ1n) is 4.91. The Morgan fingerprint density at radius 3 is 2.80 bits per heavy atom. The molecule has 1 rings (SSSR count). The van der Waals surface area contributed by atoms with E-state index >= 15 is 0 Å². The molecule has 1 unspecified atom stereocenters. The van der Waals surface area contributed by atoms with Crippen LogP contribution in [-0.4, -0.2) is 22.4 Å². The monoisotopic (exact) mass is 230 g/mol. The molecule has 0 aliphatic rings. The van der Waals surface area contributed by atoms with Gasteiger partial charge in [0, 0.05) is 17.8 Å². The highest BCUT2D eigenvalue weighted by molar-refractivity contribution is 6.29. The van der Waals surface area contributed by atoms with Gasteiger partial charge in [0.05, 0.1) is 12.8 Å². The molecule has 84 valence electrons. The van der Waals surface area contributed by atoms with Crippen molar-refractivity contribution >= 4 is 17.6 Å². The second-order valence-electron chi connectivity index (χ2n) is 3.46. The van der Waals surface area contributed by atoms with Crippen molar-refractivity contribution in [1.82, 2.24) is 9.78 Å². The molecule has 1 aromatic heterocycles. The molecule has 0 spiro atoms. The van der Waals surface area contributed by atoms with Crippen molar-refractivity contribution < 1.29 is 9.53 Å². The van der Waals surface area contributed by atoms with E-state index in [-0.39, 0.29) is 6.04 Å². The Morgan fingerprint density at radius 1 is 1.67 bits per heavy atom. The van der Waals surface area contributed by atoms with E-state index in [4.69, 9.17) is 16.3 Å². The lowest BCUT2D eigenvalue weighted by Crippen LogP contribution is -2.10. The third kappa shape index (κ3) is 2.96. The van der Waals surface area contributed by atoms with Crippen molar-refractivity contribution in [3.63, 3.8) is 0 Å². The molecule has 15 heavy (non-hydrogen) atoms. The van der Waals surface area contributed by atoms with Crippen LogP contribution >= 0.6 is 11.6 Å². The minimum absolute atomic E-state index is 0.254. The summed E-state index contributed by atoms with van der Waals surface area (Å²) in [7, 11) is 0. The molecule has 0 amide bonds.